The van der Waals surface area contributed by atoms with Gasteiger partial charge in [-0.3, -0.25) is 4.21 Å². The van der Waals surface area contributed by atoms with Crippen molar-refractivity contribution in [3.05, 3.63) is 0 Å². The largest absolute Gasteiger partial charge is 0.317 e. The maximum Gasteiger partial charge on any atom is 0.0291 e. The van der Waals surface area contributed by atoms with E-state index in [-0.39, 0.29) is 0 Å². The van der Waals surface area contributed by atoms with Gasteiger partial charge in [0, 0.05) is 27.8 Å². The van der Waals surface area contributed by atoms with Gasteiger partial charge in [-0.25, -0.2) is 0 Å². The molecule has 1 N–H and O–H groups in total. The fraction of sp³-hybridized carbons (Fsp3) is 1.00. The molecular weight excluding hydrogens is 158 g/mol. The second-order valence-electron chi connectivity index (χ2n) is 3.11. The molecule has 68 valence electrons. The van der Waals surface area contributed by atoms with Crippen molar-refractivity contribution < 1.29 is 4.21 Å². The highest BCUT2D eigenvalue weighted by Crippen LogP contribution is 1.98. The first-order valence-corrected chi connectivity index (χ1v) is 5.50. The molecule has 0 aliphatic heterocycles. The predicted molar refractivity (Wildman–Crippen MR) is 51.3 cm³/mol. The first-order valence-electron chi connectivity index (χ1n) is 4.12. The number of nitrogens with one attached hydrogen (secondary N) is 1. The van der Waals surface area contributed by atoms with E-state index in [0.717, 1.165) is 12.2 Å². The van der Waals surface area contributed by atoms with Crippen molar-refractivity contribution in [1.82, 2.24) is 5.32 Å². The van der Waals surface area contributed by atoms with Gasteiger partial charge >= 0.3 is 0 Å². The summed E-state index contributed by atoms with van der Waals surface area (Å²) in [5.74, 6) is 0.819. The van der Waals surface area contributed by atoms with Crippen LogP contribution in [0.15, 0.2) is 0 Å². The summed E-state index contributed by atoms with van der Waals surface area (Å²) in [6, 6.07) is 0.484. The number of hydrogen-bond donors (Lipinski definition) is 1. The topological polar surface area (TPSA) is 29.1 Å². The van der Waals surface area contributed by atoms with Crippen LogP contribution in [0.4, 0.5) is 0 Å². The van der Waals surface area contributed by atoms with E-state index < -0.39 is 10.8 Å². The van der Waals surface area contributed by atoms with Crippen LogP contribution in [0, 0.1) is 0 Å². The molecule has 2 atom stereocenters. The van der Waals surface area contributed by atoms with Gasteiger partial charge in [-0.1, -0.05) is 13.8 Å². The molecule has 3 heteroatoms. The van der Waals surface area contributed by atoms with Crippen molar-refractivity contribution in [3.8, 4) is 0 Å². The molecule has 0 aromatic heterocycles. The molecule has 0 radical (unpaired) electrons. The monoisotopic (exact) mass is 177 g/mol. The minimum atomic E-state index is -0.634. The second kappa shape index (κ2) is 5.72. The van der Waals surface area contributed by atoms with Crippen molar-refractivity contribution >= 4 is 10.8 Å². The lowest BCUT2D eigenvalue weighted by Gasteiger charge is -2.10. The lowest BCUT2D eigenvalue weighted by Crippen LogP contribution is -2.24. The lowest BCUT2D eigenvalue weighted by atomic mass is 10.3. The minimum absolute atomic E-state index is 0.305. The molecule has 0 saturated carbocycles. The zero-order valence-electron chi connectivity index (χ0n) is 7.89. The third-order valence-corrected chi connectivity index (χ3v) is 3.46. The smallest absolute Gasteiger partial charge is 0.0291 e. The molecule has 2 nitrogen and oxygen atoms in total. The Morgan fingerprint density at radius 3 is 2.27 bits per heavy atom. The average Bonchev–Trinajstić information content (AvgIpc) is 1.99. The van der Waals surface area contributed by atoms with Gasteiger partial charge in [0.25, 0.3) is 0 Å². The van der Waals surface area contributed by atoms with Crippen molar-refractivity contribution in [2.24, 2.45) is 0 Å². The van der Waals surface area contributed by atoms with Crippen LogP contribution in [0.25, 0.3) is 0 Å². The highest BCUT2D eigenvalue weighted by atomic mass is 32.2. The summed E-state index contributed by atoms with van der Waals surface area (Å²) in [5, 5.41) is 3.43. The van der Waals surface area contributed by atoms with Gasteiger partial charge in [-0.05, 0) is 20.4 Å². The van der Waals surface area contributed by atoms with Gasteiger partial charge in [0.15, 0.2) is 0 Å². The van der Waals surface area contributed by atoms with Gasteiger partial charge in [-0.2, -0.15) is 0 Å². The van der Waals surface area contributed by atoms with Gasteiger partial charge < -0.3 is 5.32 Å². The van der Waals surface area contributed by atoms with Crippen LogP contribution in [0.1, 0.15) is 27.2 Å². The molecule has 0 aliphatic carbocycles. The number of hydrogen-bond acceptors (Lipinski definition) is 2. The van der Waals surface area contributed by atoms with E-state index in [2.05, 4.69) is 12.2 Å². The summed E-state index contributed by atoms with van der Waals surface area (Å²) in [6.07, 6.45) is 1.00. The van der Waals surface area contributed by atoms with Gasteiger partial charge in [0.1, 0.15) is 0 Å². The molecule has 11 heavy (non-hydrogen) atoms. The van der Waals surface area contributed by atoms with Gasteiger partial charge in [0.2, 0.25) is 0 Å². The molecular formula is C8H19NOS. The summed E-state index contributed by atoms with van der Waals surface area (Å²) in [4.78, 5) is 0. The highest BCUT2D eigenvalue weighted by molar-refractivity contribution is 7.85. The van der Waals surface area contributed by atoms with E-state index in [1.165, 1.54) is 0 Å². The van der Waals surface area contributed by atoms with Crippen LogP contribution in [0.5, 0.6) is 0 Å². The summed E-state index contributed by atoms with van der Waals surface area (Å²) >= 11 is 0. The highest BCUT2D eigenvalue weighted by Gasteiger charge is 2.06. The number of rotatable bonds is 5. The second-order valence-corrected chi connectivity index (χ2v) is 5.22. The molecule has 0 aromatic rings. The molecule has 0 heterocycles. The van der Waals surface area contributed by atoms with Crippen LogP contribution < -0.4 is 5.32 Å². The van der Waals surface area contributed by atoms with Crippen molar-refractivity contribution in [2.45, 2.75) is 38.5 Å². The Kier molecular flexibility index (Phi) is 5.78. The molecule has 0 saturated heterocycles. The Balaban J connectivity index is 3.46. The Morgan fingerprint density at radius 1 is 1.36 bits per heavy atom. The Morgan fingerprint density at radius 2 is 1.91 bits per heavy atom. The Bertz CT molecular complexity index is 125. The van der Waals surface area contributed by atoms with Gasteiger partial charge in [-0.15, -0.1) is 0 Å². The predicted octanol–water partition coefficient (Wildman–Crippen LogP) is 1.14. The van der Waals surface area contributed by atoms with Crippen LogP contribution >= 0.6 is 0 Å². The van der Waals surface area contributed by atoms with Crippen molar-refractivity contribution in [2.75, 3.05) is 12.8 Å². The van der Waals surface area contributed by atoms with Crippen LogP contribution in [0.2, 0.25) is 0 Å². The maximum absolute atomic E-state index is 11.2. The normalized spacial score (nSPS) is 16.8. The summed E-state index contributed by atoms with van der Waals surface area (Å²) < 4.78 is 11.2. The summed E-state index contributed by atoms with van der Waals surface area (Å²) in [6.45, 7) is 6.11. The molecule has 0 aromatic carbocycles. The van der Waals surface area contributed by atoms with Crippen LogP contribution in [-0.4, -0.2) is 28.3 Å². The van der Waals surface area contributed by atoms with E-state index in [9.17, 15) is 4.21 Å². The van der Waals surface area contributed by atoms with Crippen LogP contribution in [-0.2, 0) is 10.8 Å². The lowest BCUT2D eigenvalue weighted by molar-refractivity contribution is 0.590. The third kappa shape index (κ3) is 5.39. The standard InChI is InChI=1S/C8H19NOS/c1-7(2)11(10)6-5-8(3)9-4/h7-9H,5-6H2,1-4H3. The van der Waals surface area contributed by atoms with E-state index in [4.69, 9.17) is 0 Å². The van der Waals surface area contributed by atoms with Crippen molar-refractivity contribution in [1.29, 1.82) is 0 Å². The molecule has 0 spiro atoms. The zero-order valence-corrected chi connectivity index (χ0v) is 8.70. The van der Waals surface area contributed by atoms with E-state index >= 15 is 0 Å². The Hall–Kier alpha value is 0.110. The van der Waals surface area contributed by atoms with Crippen molar-refractivity contribution in [3.63, 3.8) is 0 Å². The van der Waals surface area contributed by atoms with E-state index in [0.29, 0.717) is 11.3 Å². The molecule has 0 amide bonds. The molecule has 0 fully saturated rings. The summed E-state index contributed by atoms with van der Waals surface area (Å²) in [5.41, 5.74) is 0. The Labute approximate surface area is 72.2 Å². The molecule has 0 rings (SSSR count). The fourth-order valence-corrected chi connectivity index (χ4v) is 1.73. The zero-order chi connectivity index (χ0) is 8.85. The molecule has 0 bridgehead atoms. The first kappa shape index (κ1) is 11.1. The van der Waals surface area contributed by atoms with E-state index in [1.54, 1.807) is 0 Å². The summed E-state index contributed by atoms with van der Waals surface area (Å²) in [7, 11) is 1.30. The SMILES string of the molecule is CNC(C)CCS(=O)C(C)C. The minimum Gasteiger partial charge on any atom is -0.317 e. The third-order valence-electron chi connectivity index (χ3n) is 1.77. The van der Waals surface area contributed by atoms with Gasteiger partial charge in [0.05, 0.1) is 0 Å². The first-order chi connectivity index (χ1) is 5.07. The van der Waals surface area contributed by atoms with E-state index in [1.807, 2.05) is 20.9 Å². The molecule has 0 aliphatic rings. The fourth-order valence-electron chi connectivity index (χ4n) is 0.673. The quantitative estimate of drug-likeness (QED) is 0.682. The molecule has 2 unspecified atom stereocenters. The average molecular weight is 177 g/mol. The maximum atomic E-state index is 11.2. The van der Waals surface area contributed by atoms with Crippen LogP contribution in [0.3, 0.4) is 0 Å².